The molecule has 1 aromatic carbocycles. The average Bonchev–Trinajstić information content (AvgIpc) is 2.19. The Morgan fingerprint density at radius 1 is 1.50 bits per heavy atom. The van der Waals surface area contributed by atoms with E-state index < -0.39 is 16.8 Å². The van der Waals surface area contributed by atoms with Crippen molar-refractivity contribution in [2.75, 3.05) is 11.6 Å². The van der Waals surface area contributed by atoms with Crippen LogP contribution in [-0.2, 0) is 4.79 Å². The van der Waals surface area contributed by atoms with Crippen LogP contribution in [0.1, 0.15) is 20.3 Å². The molecule has 0 saturated heterocycles. The summed E-state index contributed by atoms with van der Waals surface area (Å²) >= 11 is 0. The van der Waals surface area contributed by atoms with Crippen molar-refractivity contribution < 1.29 is 9.90 Å². The van der Waals surface area contributed by atoms with Crippen LogP contribution in [0.15, 0.2) is 15.7 Å². The second-order valence-electron chi connectivity index (χ2n) is 3.80. The van der Waals surface area contributed by atoms with Gasteiger partial charge < -0.3 is 10.1 Å². The smallest absolute Gasteiger partial charge is 0.305 e. The van der Waals surface area contributed by atoms with E-state index in [-0.39, 0.29) is 24.7 Å². The molecule has 0 fully saturated rings. The van der Waals surface area contributed by atoms with E-state index in [1.807, 2.05) is 13.8 Å². The lowest BCUT2D eigenvalue weighted by Crippen LogP contribution is -2.49. The van der Waals surface area contributed by atoms with Crippen LogP contribution in [-0.4, -0.2) is 23.7 Å². The molecule has 0 spiro atoms. The minimum Gasteiger partial charge on any atom is -0.481 e. The maximum absolute atomic E-state index is 11.2. The number of nitrogens with zero attached hydrogens (tertiary/aromatic N) is 1. The predicted molar refractivity (Wildman–Crippen MR) is 59.2 cm³/mol. The van der Waals surface area contributed by atoms with Crippen LogP contribution in [0.3, 0.4) is 0 Å². The monoisotopic (exact) mass is 226 g/mol. The van der Waals surface area contributed by atoms with Crippen molar-refractivity contribution in [1.82, 2.24) is 5.43 Å². The van der Waals surface area contributed by atoms with Gasteiger partial charge in [-0.15, -0.1) is 0 Å². The third-order valence-corrected chi connectivity index (χ3v) is 1.98. The number of aliphatic carboxylic acids is 1. The molecule has 0 aromatic heterocycles. The molecule has 88 valence electrons. The van der Waals surface area contributed by atoms with Crippen LogP contribution in [0, 0.1) is 0 Å². The van der Waals surface area contributed by atoms with Gasteiger partial charge in [0.1, 0.15) is 5.69 Å². The standard InChI is InChI=1S/C10H14N2O4/c1-6(2)11-12(4-3-9(14)15)7-5-8(13)10(7)16/h5-6,11H,3-4H2,1-2H3,(H,14,15). The molecule has 2 N–H and O–H groups in total. The highest BCUT2D eigenvalue weighted by molar-refractivity contribution is 5.67. The Morgan fingerprint density at radius 3 is 2.50 bits per heavy atom. The molecular formula is C10H14N2O4. The van der Waals surface area contributed by atoms with E-state index in [4.69, 9.17) is 5.11 Å². The highest BCUT2D eigenvalue weighted by Gasteiger charge is 2.18. The van der Waals surface area contributed by atoms with Gasteiger partial charge in [0, 0.05) is 18.7 Å². The molecule has 0 aliphatic heterocycles. The van der Waals surface area contributed by atoms with Gasteiger partial charge in [-0.3, -0.25) is 14.4 Å². The van der Waals surface area contributed by atoms with Gasteiger partial charge >= 0.3 is 5.97 Å². The second-order valence-corrected chi connectivity index (χ2v) is 3.80. The summed E-state index contributed by atoms with van der Waals surface area (Å²) in [5.74, 6) is -0.950. The Morgan fingerprint density at radius 2 is 2.12 bits per heavy atom. The Bertz CT molecular complexity index is 445. The first-order chi connectivity index (χ1) is 7.41. The van der Waals surface area contributed by atoms with Crippen LogP contribution in [0.2, 0.25) is 0 Å². The number of carbonyl (C=O) groups is 1. The summed E-state index contributed by atoms with van der Waals surface area (Å²) in [6.45, 7) is 3.87. The molecule has 0 unspecified atom stereocenters. The molecule has 0 radical (unpaired) electrons. The highest BCUT2D eigenvalue weighted by Crippen LogP contribution is 2.05. The number of hydrogen-bond acceptors (Lipinski definition) is 5. The molecule has 0 amide bonds. The fourth-order valence-electron chi connectivity index (χ4n) is 1.28. The third kappa shape index (κ3) is 2.90. The SMILES string of the molecule is CC(C)NN(CCC(=O)O)c1cc(=O)c1=O. The Balaban J connectivity index is 2.73. The largest absolute Gasteiger partial charge is 0.481 e. The minimum absolute atomic E-state index is 0.0539. The van der Waals surface area contributed by atoms with Crippen molar-refractivity contribution in [1.29, 1.82) is 0 Å². The zero-order chi connectivity index (χ0) is 12.3. The predicted octanol–water partition coefficient (Wildman–Crippen LogP) is -0.523. The molecule has 0 saturated carbocycles. The number of carboxylic acid groups (broad SMARTS) is 1. The Hall–Kier alpha value is -1.69. The number of nitrogens with one attached hydrogen (secondary N) is 1. The molecule has 6 nitrogen and oxygen atoms in total. The van der Waals surface area contributed by atoms with Gasteiger partial charge in [0.2, 0.25) is 10.9 Å². The van der Waals surface area contributed by atoms with Crippen LogP contribution < -0.4 is 21.3 Å². The third-order valence-electron chi connectivity index (χ3n) is 1.98. The van der Waals surface area contributed by atoms with Crippen molar-refractivity contribution in [3.05, 3.63) is 26.5 Å². The van der Waals surface area contributed by atoms with Gasteiger partial charge in [-0.25, -0.2) is 5.43 Å². The second kappa shape index (κ2) is 4.89. The molecule has 0 heterocycles. The van der Waals surface area contributed by atoms with Crippen molar-refractivity contribution in [3.8, 4) is 0 Å². The summed E-state index contributed by atoms with van der Waals surface area (Å²) in [4.78, 5) is 32.4. The average molecular weight is 226 g/mol. The first-order valence-electron chi connectivity index (χ1n) is 4.97. The zero-order valence-corrected chi connectivity index (χ0v) is 9.19. The molecule has 16 heavy (non-hydrogen) atoms. The first kappa shape index (κ1) is 12.4. The highest BCUT2D eigenvalue weighted by atomic mass is 16.4. The van der Waals surface area contributed by atoms with Gasteiger partial charge in [0.25, 0.3) is 0 Å². The van der Waals surface area contributed by atoms with E-state index in [2.05, 4.69) is 5.43 Å². The van der Waals surface area contributed by atoms with Gasteiger partial charge in [0.05, 0.1) is 6.42 Å². The number of hydrogen-bond donors (Lipinski definition) is 2. The lowest BCUT2D eigenvalue weighted by Gasteiger charge is -2.27. The Labute approximate surface area is 92.2 Å². The van der Waals surface area contributed by atoms with E-state index in [0.717, 1.165) is 0 Å². The summed E-state index contributed by atoms with van der Waals surface area (Å²) in [6.07, 6.45) is -0.0987. The van der Waals surface area contributed by atoms with Crippen LogP contribution >= 0.6 is 0 Å². The summed E-state index contributed by atoms with van der Waals surface area (Å²) in [7, 11) is 0. The number of anilines is 1. The van der Waals surface area contributed by atoms with Crippen LogP contribution in [0.4, 0.5) is 5.69 Å². The lowest BCUT2D eigenvalue weighted by atomic mass is 10.2. The maximum atomic E-state index is 11.2. The lowest BCUT2D eigenvalue weighted by molar-refractivity contribution is -0.136. The van der Waals surface area contributed by atoms with Gasteiger partial charge in [-0.05, 0) is 13.8 Å². The molecule has 0 atom stereocenters. The summed E-state index contributed by atoms with van der Waals surface area (Å²) < 4.78 is 0. The quantitative estimate of drug-likeness (QED) is 0.501. The summed E-state index contributed by atoms with van der Waals surface area (Å²) in [6, 6.07) is 1.26. The van der Waals surface area contributed by atoms with Crippen LogP contribution in [0.25, 0.3) is 0 Å². The van der Waals surface area contributed by atoms with Gasteiger partial charge in [0.15, 0.2) is 0 Å². The van der Waals surface area contributed by atoms with Crippen molar-refractivity contribution >= 4 is 11.7 Å². The summed E-state index contributed by atoms with van der Waals surface area (Å²) in [5.41, 5.74) is 2.04. The molecular weight excluding hydrogens is 212 g/mol. The normalized spacial score (nSPS) is 10.9. The van der Waals surface area contributed by atoms with E-state index in [0.29, 0.717) is 0 Å². The molecule has 0 aliphatic carbocycles. The fraction of sp³-hybridized carbons (Fsp3) is 0.500. The van der Waals surface area contributed by atoms with Crippen molar-refractivity contribution in [2.45, 2.75) is 26.3 Å². The maximum Gasteiger partial charge on any atom is 0.305 e. The number of hydrazine groups is 1. The first-order valence-corrected chi connectivity index (χ1v) is 4.97. The van der Waals surface area contributed by atoms with E-state index >= 15 is 0 Å². The fourth-order valence-corrected chi connectivity index (χ4v) is 1.28. The van der Waals surface area contributed by atoms with Crippen molar-refractivity contribution in [3.63, 3.8) is 0 Å². The van der Waals surface area contributed by atoms with Crippen molar-refractivity contribution in [2.24, 2.45) is 0 Å². The van der Waals surface area contributed by atoms with Gasteiger partial charge in [-0.1, -0.05) is 0 Å². The molecule has 1 aromatic rings. The number of carboxylic acids is 1. The topological polar surface area (TPSA) is 86.7 Å². The molecule has 0 bridgehead atoms. The number of rotatable bonds is 6. The van der Waals surface area contributed by atoms with E-state index in [9.17, 15) is 14.4 Å². The zero-order valence-electron chi connectivity index (χ0n) is 9.19. The minimum atomic E-state index is -0.950. The van der Waals surface area contributed by atoms with Crippen LogP contribution in [0.5, 0.6) is 0 Å². The molecule has 6 heteroatoms. The summed E-state index contributed by atoms with van der Waals surface area (Å²) in [5, 5.41) is 9.98. The van der Waals surface area contributed by atoms with E-state index in [1.54, 1.807) is 0 Å². The molecule has 1 rings (SSSR count). The molecule has 0 aliphatic rings. The Kier molecular flexibility index (Phi) is 3.78. The van der Waals surface area contributed by atoms with Gasteiger partial charge in [-0.2, -0.15) is 0 Å². The van der Waals surface area contributed by atoms with E-state index in [1.165, 1.54) is 11.1 Å².